The zero-order chi connectivity index (χ0) is 9.26. The SMILES string of the molecule is OCc1cc(F)cc2cccnc12. The van der Waals surface area contributed by atoms with Crippen molar-refractivity contribution < 1.29 is 9.50 Å². The Morgan fingerprint density at radius 2 is 2.23 bits per heavy atom. The summed E-state index contributed by atoms with van der Waals surface area (Å²) in [5.41, 5.74) is 1.18. The highest BCUT2D eigenvalue weighted by atomic mass is 19.1. The van der Waals surface area contributed by atoms with Crippen LogP contribution in [-0.4, -0.2) is 10.1 Å². The fourth-order valence-corrected chi connectivity index (χ4v) is 1.35. The number of aromatic nitrogens is 1. The maximum Gasteiger partial charge on any atom is 0.124 e. The van der Waals surface area contributed by atoms with Gasteiger partial charge in [0.05, 0.1) is 12.1 Å². The number of aliphatic hydroxyl groups is 1. The Kier molecular flexibility index (Phi) is 1.94. The van der Waals surface area contributed by atoms with Gasteiger partial charge in [-0.05, 0) is 18.2 Å². The summed E-state index contributed by atoms with van der Waals surface area (Å²) >= 11 is 0. The van der Waals surface area contributed by atoms with Gasteiger partial charge >= 0.3 is 0 Å². The fraction of sp³-hybridized carbons (Fsp3) is 0.100. The molecule has 0 aliphatic carbocycles. The Bertz CT molecular complexity index is 442. The van der Waals surface area contributed by atoms with Crippen molar-refractivity contribution in [2.45, 2.75) is 6.61 Å². The number of rotatable bonds is 1. The molecule has 2 nitrogen and oxygen atoms in total. The van der Waals surface area contributed by atoms with E-state index in [0.717, 1.165) is 0 Å². The van der Waals surface area contributed by atoms with Crippen molar-refractivity contribution in [3.8, 4) is 0 Å². The van der Waals surface area contributed by atoms with Gasteiger partial charge in [0.2, 0.25) is 0 Å². The van der Waals surface area contributed by atoms with Crippen LogP contribution >= 0.6 is 0 Å². The van der Waals surface area contributed by atoms with Gasteiger partial charge < -0.3 is 5.11 Å². The minimum atomic E-state index is -0.343. The second kappa shape index (κ2) is 3.11. The van der Waals surface area contributed by atoms with E-state index in [0.29, 0.717) is 16.5 Å². The van der Waals surface area contributed by atoms with Crippen molar-refractivity contribution in [2.75, 3.05) is 0 Å². The van der Waals surface area contributed by atoms with Gasteiger partial charge in [0.1, 0.15) is 5.82 Å². The summed E-state index contributed by atoms with van der Waals surface area (Å²) in [6.45, 7) is -0.189. The summed E-state index contributed by atoms with van der Waals surface area (Å²) in [5, 5.41) is 9.67. The first-order valence-corrected chi connectivity index (χ1v) is 3.95. The molecule has 0 aliphatic rings. The average molecular weight is 177 g/mol. The predicted molar refractivity (Wildman–Crippen MR) is 47.6 cm³/mol. The van der Waals surface area contributed by atoms with Crippen molar-refractivity contribution in [1.29, 1.82) is 0 Å². The Balaban J connectivity index is 2.81. The van der Waals surface area contributed by atoms with Crippen LogP contribution in [0.4, 0.5) is 4.39 Å². The smallest absolute Gasteiger partial charge is 0.124 e. The number of pyridine rings is 1. The Hall–Kier alpha value is -1.48. The zero-order valence-corrected chi connectivity index (χ0v) is 6.87. The lowest BCUT2D eigenvalue weighted by Crippen LogP contribution is -1.90. The maximum atomic E-state index is 12.9. The van der Waals surface area contributed by atoms with E-state index < -0.39 is 0 Å². The third-order valence-corrected chi connectivity index (χ3v) is 1.92. The van der Waals surface area contributed by atoms with E-state index in [2.05, 4.69) is 4.98 Å². The Morgan fingerprint density at radius 1 is 1.38 bits per heavy atom. The summed E-state index contributed by atoms with van der Waals surface area (Å²) in [6.07, 6.45) is 1.62. The number of hydrogen-bond donors (Lipinski definition) is 1. The van der Waals surface area contributed by atoms with Crippen LogP contribution in [0.15, 0.2) is 30.5 Å². The van der Waals surface area contributed by atoms with Gasteiger partial charge in [-0.15, -0.1) is 0 Å². The largest absolute Gasteiger partial charge is 0.392 e. The predicted octanol–water partition coefficient (Wildman–Crippen LogP) is 1.87. The van der Waals surface area contributed by atoms with E-state index in [4.69, 9.17) is 5.11 Å². The van der Waals surface area contributed by atoms with Gasteiger partial charge in [-0.1, -0.05) is 6.07 Å². The lowest BCUT2D eigenvalue weighted by molar-refractivity contribution is 0.282. The third-order valence-electron chi connectivity index (χ3n) is 1.92. The van der Waals surface area contributed by atoms with Crippen molar-refractivity contribution in [3.63, 3.8) is 0 Å². The number of aliphatic hydroxyl groups excluding tert-OH is 1. The molecule has 1 heterocycles. The van der Waals surface area contributed by atoms with Gasteiger partial charge in [-0.2, -0.15) is 0 Å². The van der Waals surface area contributed by atoms with Crippen molar-refractivity contribution in [2.24, 2.45) is 0 Å². The van der Waals surface area contributed by atoms with E-state index in [1.54, 1.807) is 18.3 Å². The number of halogens is 1. The molecule has 1 N–H and O–H groups in total. The van der Waals surface area contributed by atoms with E-state index >= 15 is 0 Å². The van der Waals surface area contributed by atoms with Crippen molar-refractivity contribution in [3.05, 3.63) is 41.8 Å². The average Bonchev–Trinajstić information content (AvgIpc) is 2.16. The molecule has 0 fully saturated rings. The van der Waals surface area contributed by atoms with Crippen LogP contribution in [-0.2, 0) is 6.61 Å². The molecule has 2 aromatic rings. The van der Waals surface area contributed by atoms with E-state index in [9.17, 15) is 4.39 Å². The van der Waals surface area contributed by atoms with Crippen LogP contribution in [0.1, 0.15) is 5.56 Å². The van der Waals surface area contributed by atoms with Crippen LogP contribution in [0.3, 0.4) is 0 Å². The summed E-state index contributed by atoms with van der Waals surface area (Å²) in [5.74, 6) is -0.343. The van der Waals surface area contributed by atoms with Gasteiger partial charge in [-0.3, -0.25) is 4.98 Å². The Morgan fingerprint density at radius 3 is 3.00 bits per heavy atom. The standard InChI is InChI=1S/C10H8FNO/c11-9-4-7-2-1-3-12-10(7)8(5-9)6-13/h1-5,13H,6H2. The molecular formula is C10H8FNO. The van der Waals surface area contributed by atoms with Crippen LogP contribution in [0.5, 0.6) is 0 Å². The topological polar surface area (TPSA) is 33.1 Å². The summed E-state index contributed by atoms with van der Waals surface area (Å²) in [4.78, 5) is 4.07. The molecule has 2 rings (SSSR count). The van der Waals surface area contributed by atoms with Crippen molar-refractivity contribution in [1.82, 2.24) is 4.98 Å². The second-order valence-corrected chi connectivity index (χ2v) is 2.80. The number of nitrogens with zero attached hydrogens (tertiary/aromatic N) is 1. The lowest BCUT2D eigenvalue weighted by atomic mass is 10.1. The molecule has 0 saturated heterocycles. The van der Waals surface area contributed by atoms with E-state index in [1.807, 2.05) is 0 Å². The van der Waals surface area contributed by atoms with Gasteiger partial charge in [-0.25, -0.2) is 4.39 Å². The zero-order valence-electron chi connectivity index (χ0n) is 6.87. The van der Waals surface area contributed by atoms with Crippen LogP contribution in [0.25, 0.3) is 10.9 Å². The van der Waals surface area contributed by atoms with Crippen LogP contribution in [0.2, 0.25) is 0 Å². The molecule has 3 heteroatoms. The molecule has 1 aromatic heterocycles. The molecule has 0 radical (unpaired) electrons. The molecule has 66 valence electrons. The fourth-order valence-electron chi connectivity index (χ4n) is 1.35. The highest BCUT2D eigenvalue weighted by Gasteiger charge is 2.03. The molecule has 0 saturated carbocycles. The molecule has 0 aliphatic heterocycles. The number of hydrogen-bond acceptors (Lipinski definition) is 2. The third kappa shape index (κ3) is 1.38. The lowest BCUT2D eigenvalue weighted by Gasteiger charge is -2.02. The normalized spacial score (nSPS) is 10.6. The second-order valence-electron chi connectivity index (χ2n) is 2.80. The van der Waals surface area contributed by atoms with Gasteiger partial charge in [0, 0.05) is 17.1 Å². The summed E-state index contributed by atoms with van der Waals surface area (Å²) in [7, 11) is 0. The first-order valence-electron chi connectivity index (χ1n) is 3.95. The highest BCUT2D eigenvalue weighted by molar-refractivity contribution is 5.81. The molecule has 0 atom stereocenters. The first kappa shape index (κ1) is 8.13. The molecular weight excluding hydrogens is 169 g/mol. The molecule has 0 unspecified atom stereocenters. The molecule has 13 heavy (non-hydrogen) atoms. The molecule has 0 bridgehead atoms. The van der Waals surface area contributed by atoms with Crippen LogP contribution in [0, 0.1) is 5.82 Å². The Labute approximate surface area is 74.7 Å². The first-order chi connectivity index (χ1) is 6.31. The van der Waals surface area contributed by atoms with Crippen molar-refractivity contribution >= 4 is 10.9 Å². The number of benzene rings is 1. The van der Waals surface area contributed by atoms with E-state index in [-0.39, 0.29) is 12.4 Å². The monoisotopic (exact) mass is 177 g/mol. The maximum absolute atomic E-state index is 12.9. The summed E-state index contributed by atoms with van der Waals surface area (Å²) in [6, 6.07) is 6.21. The van der Waals surface area contributed by atoms with E-state index in [1.165, 1.54) is 12.1 Å². The quantitative estimate of drug-likeness (QED) is 0.721. The van der Waals surface area contributed by atoms with Gasteiger partial charge in [0.25, 0.3) is 0 Å². The van der Waals surface area contributed by atoms with Gasteiger partial charge in [0.15, 0.2) is 0 Å². The molecule has 1 aromatic carbocycles. The molecule has 0 spiro atoms. The number of fused-ring (bicyclic) bond motifs is 1. The van der Waals surface area contributed by atoms with Crippen LogP contribution < -0.4 is 0 Å². The minimum absolute atomic E-state index is 0.189. The summed E-state index contributed by atoms with van der Waals surface area (Å²) < 4.78 is 12.9. The highest BCUT2D eigenvalue weighted by Crippen LogP contribution is 2.17. The minimum Gasteiger partial charge on any atom is -0.392 e. The molecule has 0 amide bonds.